The van der Waals surface area contributed by atoms with Gasteiger partial charge >= 0.3 is 0 Å². The van der Waals surface area contributed by atoms with Gasteiger partial charge in [-0.3, -0.25) is 9.59 Å². The van der Waals surface area contributed by atoms with E-state index >= 15 is 0 Å². The van der Waals surface area contributed by atoms with E-state index < -0.39 is 0 Å². The van der Waals surface area contributed by atoms with Crippen molar-refractivity contribution >= 4 is 11.8 Å². The third-order valence-electron chi connectivity index (χ3n) is 5.86. The summed E-state index contributed by atoms with van der Waals surface area (Å²) in [7, 11) is 0. The zero-order valence-electron chi connectivity index (χ0n) is 14.1. The quantitative estimate of drug-likeness (QED) is 0.859. The van der Waals surface area contributed by atoms with Gasteiger partial charge in [0.1, 0.15) is 5.69 Å². The second-order valence-corrected chi connectivity index (χ2v) is 7.35. The Morgan fingerprint density at radius 2 is 1.54 bits per heavy atom. The minimum absolute atomic E-state index is 0.0167. The van der Waals surface area contributed by atoms with Crippen LogP contribution in [0.4, 0.5) is 0 Å². The molecule has 2 amide bonds. The second kappa shape index (κ2) is 6.59. The number of aromatic nitrogens is 1. The number of nitrogens with one attached hydrogen (secondary N) is 2. The van der Waals surface area contributed by atoms with Gasteiger partial charge in [-0.05, 0) is 56.7 Å². The van der Waals surface area contributed by atoms with Gasteiger partial charge in [-0.15, -0.1) is 0 Å². The molecule has 2 N–H and O–H groups in total. The fourth-order valence-electron chi connectivity index (χ4n) is 4.34. The van der Waals surface area contributed by atoms with Gasteiger partial charge in [0, 0.05) is 32.4 Å². The largest absolute Gasteiger partial charge is 0.356 e. The van der Waals surface area contributed by atoms with Gasteiger partial charge in [0.05, 0.1) is 5.56 Å². The molecule has 6 heteroatoms. The molecule has 0 bridgehead atoms. The molecule has 3 aliphatic heterocycles. The molecule has 4 heterocycles. The molecule has 1 aromatic heterocycles. The summed E-state index contributed by atoms with van der Waals surface area (Å²) in [6, 6.07) is 1.73. The van der Waals surface area contributed by atoms with E-state index in [-0.39, 0.29) is 11.8 Å². The molecule has 3 aliphatic rings. The van der Waals surface area contributed by atoms with E-state index in [1.54, 1.807) is 12.3 Å². The first-order chi connectivity index (χ1) is 11.7. The van der Waals surface area contributed by atoms with Crippen molar-refractivity contribution in [1.82, 2.24) is 20.1 Å². The highest BCUT2D eigenvalue weighted by Gasteiger charge is 2.32. The van der Waals surface area contributed by atoms with Crippen molar-refractivity contribution in [2.24, 2.45) is 11.8 Å². The van der Waals surface area contributed by atoms with Crippen LogP contribution in [-0.4, -0.2) is 65.9 Å². The van der Waals surface area contributed by atoms with Gasteiger partial charge in [0.2, 0.25) is 0 Å². The Morgan fingerprint density at radius 1 is 0.917 bits per heavy atom. The average molecular weight is 330 g/mol. The molecule has 1 aromatic rings. The number of H-pyrrole nitrogens is 1. The highest BCUT2D eigenvalue weighted by molar-refractivity contribution is 5.99. The molecule has 4 rings (SSSR count). The van der Waals surface area contributed by atoms with Gasteiger partial charge in [0.15, 0.2) is 0 Å². The van der Waals surface area contributed by atoms with Crippen LogP contribution in [0.1, 0.15) is 46.5 Å². The lowest BCUT2D eigenvalue weighted by molar-refractivity contribution is 0.0758. The molecule has 130 valence electrons. The van der Waals surface area contributed by atoms with E-state index in [4.69, 9.17) is 0 Å². The number of fused-ring (bicyclic) bond motifs is 1. The maximum atomic E-state index is 12.8. The molecule has 24 heavy (non-hydrogen) atoms. The van der Waals surface area contributed by atoms with E-state index in [0.717, 1.165) is 65.0 Å². The number of likely N-dealkylation sites (tertiary alicyclic amines) is 2. The Bertz CT molecular complexity index is 606. The van der Waals surface area contributed by atoms with E-state index in [1.807, 2.05) is 9.80 Å². The Kier molecular flexibility index (Phi) is 4.31. The molecular formula is C18H26N4O2. The number of carbonyl (C=O) groups excluding carboxylic acids is 2. The molecule has 0 unspecified atom stereocenters. The van der Waals surface area contributed by atoms with Crippen LogP contribution in [0.3, 0.4) is 0 Å². The van der Waals surface area contributed by atoms with Gasteiger partial charge < -0.3 is 20.1 Å². The Morgan fingerprint density at radius 3 is 2.21 bits per heavy atom. The zero-order valence-corrected chi connectivity index (χ0v) is 14.1. The maximum Gasteiger partial charge on any atom is 0.270 e. The first-order valence-corrected chi connectivity index (χ1v) is 9.20. The Hall–Kier alpha value is -1.82. The number of nitrogens with zero attached hydrogens (tertiary/aromatic N) is 2. The van der Waals surface area contributed by atoms with Crippen LogP contribution in [-0.2, 0) is 0 Å². The van der Waals surface area contributed by atoms with Crippen LogP contribution in [0.5, 0.6) is 0 Å². The summed E-state index contributed by atoms with van der Waals surface area (Å²) in [5, 5.41) is 3.46. The number of carbonyl (C=O) groups is 2. The fraction of sp³-hybridized carbons (Fsp3) is 0.667. The summed E-state index contributed by atoms with van der Waals surface area (Å²) >= 11 is 0. The highest BCUT2D eigenvalue weighted by atomic mass is 16.2. The van der Waals surface area contributed by atoms with Gasteiger partial charge in [0.25, 0.3) is 11.8 Å². The number of rotatable bonds is 2. The minimum Gasteiger partial charge on any atom is -0.356 e. The van der Waals surface area contributed by atoms with E-state index in [0.29, 0.717) is 23.1 Å². The predicted octanol–water partition coefficient (Wildman–Crippen LogP) is 1.32. The van der Waals surface area contributed by atoms with Crippen molar-refractivity contribution < 1.29 is 9.59 Å². The lowest BCUT2D eigenvalue weighted by atomic mass is 9.92. The lowest BCUT2D eigenvalue weighted by Gasteiger charge is -2.20. The monoisotopic (exact) mass is 330 g/mol. The number of hydrogen-bond donors (Lipinski definition) is 2. The Labute approximate surface area is 142 Å². The maximum absolute atomic E-state index is 12.8. The first-order valence-electron chi connectivity index (χ1n) is 9.20. The van der Waals surface area contributed by atoms with Crippen molar-refractivity contribution in [1.29, 1.82) is 0 Å². The van der Waals surface area contributed by atoms with Gasteiger partial charge in [-0.25, -0.2) is 0 Å². The molecular weight excluding hydrogens is 304 g/mol. The summed E-state index contributed by atoms with van der Waals surface area (Å²) in [5.74, 6) is 1.49. The summed E-state index contributed by atoms with van der Waals surface area (Å²) in [4.78, 5) is 32.0. The van der Waals surface area contributed by atoms with Crippen LogP contribution in [0.25, 0.3) is 0 Å². The average Bonchev–Trinajstić information content (AvgIpc) is 3.34. The first kappa shape index (κ1) is 15.7. The molecule has 0 aromatic carbocycles. The number of hydrogen-bond acceptors (Lipinski definition) is 3. The highest BCUT2D eigenvalue weighted by Crippen LogP contribution is 2.27. The third kappa shape index (κ3) is 2.95. The second-order valence-electron chi connectivity index (χ2n) is 7.35. The van der Waals surface area contributed by atoms with Crippen LogP contribution in [0.2, 0.25) is 0 Å². The molecule has 0 saturated carbocycles. The van der Waals surface area contributed by atoms with Crippen molar-refractivity contribution in [2.45, 2.75) is 25.7 Å². The summed E-state index contributed by atoms with van der Waals surface area (Å²) < 4.78 is 0. The normalized spacial score (nSPS) is 27.2. The summed E-state index contributed by atoms with van der Waals surface area (Å²) in [6.45, 7) is 5.47. The minimum atomic E-state index is 0.0167. The van der Waals surface area contributed by atoms with Crippen LogP contribution < -0.4 is 5.32 Å². The van der Waals surface area contributed by atoms with E-state index in [9.17, 15) is 9.59 Å². The van der Waals surface area contributed by atoms with Crippen molar-refractivity contribution in [3.8, 4) is 0 Å². The van der Waals surface area contributed by atoms with Crippen LogP contribution in [0, 0.1) is 11.8 Å². The number of amides is 2. The van der Waals surface area contributed by atoms with Gasteiger partial charge in [-0.2, -0.15) is 0 Å². The van der Waals surface area contributed by atoms with Crippen molar-refractivity contribution in [3.05, 3.63) is 23.5 Å². The SMILES string of the molecule is O=C(c1c[nH]c(C(=O)N2CCCC2)c1)N1CC[C@@H]2CNC[C@@H]2CC1. The van der Waals surface area contributed by atoms with E-state index in [1.165, 1.54) is 0 Å². The van der Waals surface area contributed by atoms with Crippen molar-refractivity contribution in [3.63, 3.8) is 0 Å². The lowest BCUT2D eigenvalue weighted by Crippen LogP contribution is -2.32. The summed E-state index contributed by atoms with van der Waals surface area (Å²) in [6.07, 6.45) is 5.99. The number of aromatic amines is 1. The topological polar surface area (TPSA) is 68.4 Å². The molecule has 2 atom stereocenters. The molecule has 0 radical (unpaired) electrons. The standard InChI is InChI=1S/C18H26N4O2/c23-17(22-7-3-13-10-19-11-14(13)4-8-22)15-9-16(20-12-15)18(24)21-5-1-2-6-21/h9,12-14,19-20H,1-8,10-11H2/t13-,14+. The fourth-order valence-corrected chi connectivity index (χ4v) is 4.34. The van der Waals surface area contributed by atoms with Crippen LogP contribution >= 0.6 is 0 Å². The predicted molar refractivity (Wildman–Crippen MR) is 90.9 cm³/mol. The summed E-state index contributed by atoms with van der Waals surface area (Å²) in [5.41, 5.74) is 1.15. The smallest absolute Gasteiger partial charge is 0.270 e. The molecule has 3 saturated heterocycles. The van der Waals surface area contributed by atoms with Crippen LogP contribution in [0.15, 0.2) is 12.3 Å². The zero-order chi connectivity index (χ0) is 16.5. The van der Waals surface area contributed by atoms with Crippen molar-refractivity contribution in [2.75, 3.05) is 39.3 Å². The van der Waals surface area contributed by atoms with Gasteiger partial charge in [-0.1, -0.05) is 0 Å². The molecule has 0 aliphatic carbocycles. The molecule has 3 fully saturated rings. The molecule has 0 spiro atoms. The van der Waals surface area contributed by atoms with E-state index in [2.05, 4.69) is 10.3 Å². The third-order valence-corrected chi connectivity index (χ3v) is 5.86. The Balaban J connectivity index is 1.42. The molecule has 6 nitrogen and oxygen atoms in total.